The fraction of sp³-hybridized carbons (Fsp3) is 0.882. The molecule has 4 unspecified atom stereocenters. The van der Waals surface area contributed by atoms with E-state index >= 15 is 0 Å². The Morgan fingerprint density at radius 2 is 1.82 bits per heavy atom. The summed E-state index contributed by atoms with van der Waals surface area (Å²) in [6.07, 6.45) is 8.01. The van der Waals surface area contributed by atoms with Gasteiger partial charge < -0.3 is 15.2 Å². The van der Waals surface area contributed by atoms with E-state index in [0.717, 1.165) is 19.3 Å². The van der Waals surface area contributed by atoms with Gasteiger partial charge in [0.2, 0.25) is 5.91 Å². The Hall–Kier alpha value is -1.10. The highest BCUT2D eigenvalue weighted by Gasteiger charge is 2.30. The van der Waals surface area contributed by atoms with Crippen LogP contribution in [0.1, 0.15) is 58.3 Å². The summed E-state index contributed by atoms with van der Waals surface area (Å²) in [6.45, 7) is 3.31. The third-order valence-corrected chi connectivity index (χ3v) is 5.16. The Balaban J connectivity index is 1.64. The van der Waals surface area contributed by atoms with E-state index in [-0.39, 0.29) is 17.7 Å². The van der Waals surface area contributed by atoms with Crippen LogP contribution in [0, 0.1) is 17.8 Å². The van der Waals surface area contributed by atoms with Crippen LogP contribution in [0.4, 0.5) is 0 Å². The van der Waals surface area contributed by atoms with Crippen LogP contribution in [-0.2, 0) is 14.3 Å². The van der Waals surface area contributed by atoms with Crippen molar-refractivity contribution >= 4 is 11.9 Å². The minimum absolute atomic E-state index is 0.00811. The van der Waals surface area contributed by atoms with Gasteiger partial charge in [-0.15, -0.1) is 0 Å². The molecule has 0 saturated heterocycles. The van der Waals surface area contributed by atoms with Gasteiger partial charge in [0, 0.05) is 12.5 Å². The smallest absolute Gasteiger partial charge is 0.306 e. The molecule has 5 nitrogen and oxygen atoms in total. The molecule has 0 aromatic heterocycles. The van der Waals surface area contributed by atoms with Crippen LogP contribution in [0.15, 0.2) is 0 Å². The third kappa shape index (κ3) is 4.97. The number of ether oxygens (including phenoxy) is 1. The van der Waals surface area contributed by atoms with Crippen molar-refractivity contribution in [3.63, 3.8) is 0 Å². The van der Waals surface area contributed by atoms with Gasteiger partial charge in [0.15, 0.2) is 0 Å². The molecule has 5 heteroatoms. The molecule has 2 aliphatic carbocycles. The van der Waals surface area contributed by atoms with Crippen molar-refractivity contribution in [3.05, 3.63) is 0 Å². The lowest BCUT2D eigenvalue weighted by atomic mass is 9.81. The van der Waals surface area contributed by atoms with Crippen molar-refractivity contribution in [2.75, 3.05) is 13.2 Å². The monoisotopic (exact) mass is 311 g/mol. The number of amides is 1. The van der Waals surface area contributed by atoms with Crippen molar-refractivity contribution < 1.29 is 19.4 Å². The quantitative estimate of drug-likeness (QED) is 0.739. The summed E-state index contributed by atoms with van der Waals surface area (Å²) >= 11 is 0. The van der Waals surface area contributed by atoms with Crippen LogP contribution in [0.25, 0.3) is 0 Å². The average molecular weight is 311 g/mol. The number of carboxylic acid groups (broad SMARTS) is 1. The van der Waals surface area contributed by atoms with Gasteiger partial charge >= 0.3 is 5.97 Å². The predicted molar refractivity (Wildman–Crippen MR) is 83.5 cm³/mol. The molecule has 22 heavy (non-hydrogen) atoms. The Morgan fingerprint density at radius 1 is 1.09 bits per heavy atom. The van der Waals surface area contributed by atoms with Gasteiger partial charge in [0.1, 0.15) is 0 Å². The van der Waals surface area contributed by atoms with Crippen LogP contribution in [0.2, 0.25) is 0 Å². The van der Waals surface area contributed by atoms with Gasteiger partial charge in [-0.25, -0.2) is 0 Å². The zero-order valence-corrected chi connectivity index (χ0v) is 13.6. The standard InChI is InChI=1S/C17H29NO4/c1-12-5-2-3-8-15(12)22-10-9-18-16(19)13-6-4-7-14(11-13)17(20)21/h12-15H,2-11H2,1H3,(H,18,19)(H,20,21). The molecule has 1 amide bonds. The fourth-order valence-electron chi connectivity index (χ4n) is 3.71. The summed E-state index contributed by atoms with van der Waals surface area (Å²) in [7, 11) is 0. The van der Waals surface area contributed by atoms with Gasteiger partial charge in [-0.1, -0.05) is 26.2 Å². The number of hydrogen-bond acceptors (Lipinski definition) is 3. The molecule has 0 aliphatic heterocycles. The first-order chi connectivity index (χ1) is 10.6. The minimum atomic E-state index is -0.771. The molecule has 2 aliphatic rings. The normalized spacial score (nSPS) is 32.4. The second kappa shape index (κ2) is 8.51. The van der Waals surface area contributed by atoms with Gasteiger partial charge in [-0.3, -0.25) is 9.59 Å². The number of carboxylic acids is 1. The lowest BCUT2D eigenvalue weighted by Crippen LogP contribution is -2.37. The summed E-state index contributed by atoms with van der Waals surface area (Å²) in [4.78, 5) is 23.2. The topological polar surface area (TPSA) is 75.6 Å². The van der Waals surface area contributed by atoms with Crippen molar-refractivity contribution in [3.8, 4) is 0 Å². The van der Waals surface area contributed by atoms with Gasteiger partial charge in [0.05, 0.1) is 18.6 Å². The number of rotatable bonds is 6. The number of nitrogens with one attached hydrogen (secondary N) is 1. The Labute approximate surface area is 132 Å². The molecule has 2 fully saturated rings. The van der Waals surface area contributed by atoms with Crippen molar-refractivity contribution in [2.45, 2.75) is 64.4 Å². The molecule has 0 heterocycles. The zero-order chi connectivity index (χ0) is 15.9. The second-order valence-electron chi connectivity index (χ2n) is 6.86. The van der Waals surface area contributed by atoms with E-state index < -0.39 is 5.97 Å². The summed E-state index contributed by atoms with van der Waals surface area (Å²) in [6, 6.07) is 0. The summed E-state index contributed by atoms with van der Waals surface area (Å²) in [5.74, 6) is -0.676. The van der Waals surface area contributed by atoms with Crippen molar-refractivity contribution in [2.24, 2.45) is 17.8 Å². The highest BCUT2D eigenvalue weighted by molar-refractivity contribution is 5.80. The minimum Gasteiger partial charge on any atom is -0.481 e. The predicted octanol–water partition coefficient (Wildman–Crippen LogP) is 2.59. The van der Waals surface area contributed by atoms with E-state index in [1.54, 1.807) is 0 Å². The van der Waals surface area contributed by atoms with Crippen molar-refractivity contribution in [1.82, 2.24) is 5.32 Å². The Kier molecular flexibility index (Phi) is 6.68. The Bertz CT molecular complexity index is 385. The first-order valence-electron chi connectivity index (χ1n) is 8.70. The maximum Gasteiger partial charge on any atom is 0.306 e. The molecule has 4 atom stereocenters. The summed E-state index contributed by atoms with van der Waals surface area (Å²) < 4.78 is 5.88. The second-order valence-corrected chi connectivity index (χ2v) is 6.86. The molecular formula is C17H29NO4. The molecule has 2 saturated carbocycles. The average Bonchev–Trinajstić information content (AvgIpc) is 2.53. The van der Waals surface area contributed by atoms with E-state index in [0.29, 0.717) is 38.0 Å². The zero-order valence-electron chi connectivity index (χ0n) is 13.6. The lowest BCUT2D eigenvalue weighted by Gasteiger charge is -2.29. The lowest BCUT2D eigenvalue weighted by molar-refractivity contribution is -0.144. The first kappa shape index (κ1) is 17.3. The molecule has 0 bridgehead atoms. The molecule has 126 valence electrons. The molecule has 0 spiro atoms. The third-order valence-electron chi connectivity index (χ3n) is 5.16. The maximum atomic E-state index is 12.1. The number of carbonyl (C=O) groups excluding carboxylic acids is 1. The van der Waals surface area contributed by atoms with Crippen molar-refractivity contribution in [1.29, 1.82) is 0 Å². The van der Waals surface area contributed by atoms with Crippen LogP contribution in [0.5, 0.6) is 0 Å². The van der Waals surface area contributed by atoms with Gasteiger partial charge in [0.25, 0.3) is 0 Å². The van der Waals surface area contributed by atoms with Crippen LogP contribution in [-0.4, -0.2) is 36.2 Å². The van der Waals surface area contributed by atoms with E-state index in [1.165, 1.54) is 19.3 Å². The molecular weight excluding hydrogens is 282 g/mol. The Morgan fingerprint density at radius 3 is 2.55 bits per heavy atom. The summed E-state index contributed by atoms with van der Waals surface area (Å²) in [5, 5.41) is 12.0. The number of hydrogen-bond donors (Lipinski definition) is 2. The molecule has 2 N–H and O–H groups in total. The molecule has 0 radical (unpaired) electrons. The molecule has 2 rings (SSSR count). The highest BCUT2D eigenvalue weighted by Crippen LogP contribution is 2.29. The molecule has 0 aromatic rings. The van der Waals surface area contributed by atoms with E-state index in [2.05, 4.69) is 12.2 Å². The first-order valence-corrected chi connectivity index (χ1v) is 8.70. The summed E-state index contributed by atoms with van der Waals surface area (Å²) in [5.41, 5.74) is 0. The highest BCUT2D eigenvalue weighted by atomic mass is 16.5. The van der Waals surface area contributed by atoms with Crippen LogP contribution in [0.3, 0.4) is 0 Å². The SMILES string of the molecule is CC1CCCCC1OCCNC(=O)C1CCCC(C(=O)O)C1. The number of aliphatic carboxylic acids is 1. The van der Waals surface area contributed by atoms with E-state index in [4.69, 9.17) is 9.84 Å². The fourth-order valence-corrected chi connectivity index (χ4v) is 3.71. The van der Waals surface area contributed by atoms with Gasteiger partial charge in [-0.05, 0) is 38.0 Å². The van der Waals surface area contributed by atoms with Crippen LogP contribution >= 0.6 is 0 Å². The maximum absolute atomic E-state index is 12.1. The van der Waals surface area contributed by atoms with E-state index in [9.17, 15) is 9.59 Å². The molecule has 0 aromatic carbocycles. The van der Waals surface area contributed by atoms with Crippen LogP contribution < -0.4 is 5.32 Å². The van der Waals surface area contributed by atoms with E-state index in [1.807, 2.05) is 0 Å². The largest absolute Gasteiger partial charge is 0.481 e. The number of carbonyl (C=O) groups is 2. The van der Waals surface area contributed by atoms with Gasteiger partial charge in [-0.2, -0.15) is 0 Å².